The van der Waals surface area contributed by atoms with E-state index < -0.39 is 26.2 Å². The molecule has 2 aromatic rings. The smallest absolute Gasteiger partial charge is 0.289 e. The largest absolute Gasteiger partial charge is 0.486 e. The molecule has 2 aliphatic heterocycles. The number of piperidine rings is 1. The van der Waals surface area contributed by atoms with Gasteiger partial charge in [0.1, 0.15) is 16.4 Å². The number of nitro benzene ring substituents is 1. The molecule has 0 unspecified atom stereocenters. The maximum Gasteiger partial charge on any atom is 0.289 e. The third kappa shape index (κ3) is 3.77. The Hall–Kier alpha value is -2.20. The van der Waals surface area contributed by atoms with Crippen molar-refractivity contribution < 1.29 is 22.9 Å². The van der Waals surface area contributed by atoms with Gasteiger partial charge in [-0.15, -0.1) is 0 Å². The number of benzene rings is 2. The first-order valence-electron chi connectivity index (χ1n) is 9.91. The number of Topliss-reactive ketones (excluding diaryl/α,β-unsaturated/α-hetero) is 1. The van der Waals surface area contributed by atoms with E-state index in [9.17, 15) is 23.3 Å². The van der Waals surface area contributed by atoms with E-state index in [1.54, 1.807) is 13.0 Å². The van der Waals surface area contributed by atoms with Gasteiger partial charge in [0.25, 0.3) is 5.69 Å². The van der Waals surface area contributed by atoms with Crippen molar-refractivity contribution in [3.05, 3.63) is 61.1 Å². The lowest BCUT2D eigenvalue weighted by molar-refractivity contribution is -0.384. The van der Waals surface area contributed by atoms with Crippen LogP contribution in [0.3, 0.4) is 0 Å². The number of fused-ring (bicyclic) bond motifs is 1. The number of carbonyl (C=O) groups is 1. The van der Waals surface area contributed by atoms with E-state index in [0.29, 0.717) is 34.7 Å². The van der Waals surface area contributed by atoms with Gasteiger partial charge in [0, 0.05) is 37.0 Å². The summed E-state index contributed by atoms with van der Waals surface area (Å²) in [6.45, 7) is 3.86. The molecule has 0 aliphatic carbocycles. The van der Waals surface area contributed by atoms with E-state index >= 15 is 0 Å². The van der Waals surface area contributed by atoms with Crippen molar-refractivity contribution in [2.75, 3.05) is 13.1 Å². The Labute approximate surface area is 195 Å². The zero-order valence-corrected chi connectivity index (χ0v) is 19.7. The summed E-state index contributed by atoms with van der Waals surface area (Å²) in [7, 11) is -3.97. The summed E-state index contributed by atoms with van der Waals surface area (Å²) >= 11 is 12.1. The summed E-state index contributed by atoms with van der Waals surface area (Å²) in [5, 5.41) is 11.5. The van der Waals surface area contributed by atoms with Crippen LogP contribution >= 0.6 is 23.2 Å². The van der Waals surface area contributed by atoms with Crippen LogP contribution in [0.5, 0.6) is 5.75 Å². The third-order valence-electron chi connectivity index (χ3n) is 6.12. The van der Waals surface area contributed by atoms with Crippen LogP contribution in [0.1, 0.15) is 40.7 Å². The Kier molecular flexibility index (Phi) is 5.73. The van der Waals surface area contributed by atoms with Crippen LogP contribution in [-0.2, 0) is 10.0 Å². The van der Waals surface area contributed by atoms with Gasteiger partial charge >= 0.3 is 0 Å². The van der Waals surface area contributed by atoms with Crippen LogP contribution in [0.25, 0.3) is 0 Å². The Balaban J connectivity index is 1.58. The third-order valence-corrected chi connectivity index (χ3v) is 8.91. The maximum atomic E-state index is 13.1. The second-order valence-electron chi connectivity index (χ2n) is 8.17. The van der Waals surface area contributed by atoms with Gasteiger partial charge in [0.15, 0.2) is 5.78 Å². The summed E-state index contributed by atoms with van der Waals surface area (Å²) in [6, 6.07) is 5.17. The quantitative estimate of drug-likeness (QED) is 0.447. The minimum absolute atomic E-state index is 0.0738. The van der Waals surface area contributed by atoms with E-state index in [4.69, 9.17) is 27.9 Å². The number of carbonyl (C=O) groups excluding carboxylic acids is 1. The molecule has 0 N–H and O–H groups in total. The molecule has 1 spiro atoms. The number of hydrogen-bond acceptors (Lipinski definition) is 6. The molecule has 0 amide bonds. The molecule has 0 saturated carbocycles. The molecule has 1 fully saturated rings. The van der Waals surface area contributed by atoms with Gasteiger partial charge in [0.05, 0.1) is 21.8 Å². The molecule has 170 valence electrons. The number of ether oxygens (including phenoxy) is 1. The SMILES string of the molecule is Cc1cc2c(c(C)c1Cl)C(=O)CC1(CCN(S(=O)(=O)c3ccc(Cl)c([N+](=O)[O-])c3)CC1)O2. The van der Waals surface area contributed by atoms with Gasteiger partial charge in [-0.25, -0.2) is 8.42 Å². The predicted octanol–water partition coefficient (Wildman–Crippen LogP) is 4.71. The topological polar surface area (TPSA) is 107 Å². The van der Waals surface area contributed by atoms with Gasteiger partial charge in [-0.3, -0.25) is 14.9 Å². The minimum Gasteiger partial charge on any atom is -0.486 e. The number of hydrogen-bond donors (Lipinski definition) is 0. The fourth-order valence-corrected chi connectivity index (χ4v) is 6.15. The molecular weight excluding hydrogens is 479 g/mol. The normalized spacial score (nSPS) is 18.3. The molecule has 32 heavy (non-hydrogen) atoms. The molecule has 0 atom stereocenters. The van der Waals surface area contributed by atoms with Crippen LogP contribution in [0, 0.1) is 24.0 Å². The van der Waals surface area contributed by atoms with Crippen molar-refractivity contribution in [2.45, 2.75) is 43.6 Å². The van der Waals surface area contributed by atoms with Crippen LogP contribution in [0.4, 0.5) is 5.69 Å². The van der Waals surface area contributed by atoms with Crippen LogP contribution in [-0.4, -0.2) is 42.1 Å². The first-order valence-corrected chi connectivity index (χ1v) is 12.1. The van der Waals surface area contributed by atoms with Crippen LogP contribution in [0.2, 0.25) is 10.0 Å². The minimum atomic E-state index is -3.97. The number of rotatable bonds is 3. The zero-order valence-electron chi connectivity index (χ0n) is 17.4. The van der Waals surface area contributed by atoms with E-state index in [-0.39, 0.29) is 35.2 Å². The summed E-state index contributed by atoms with van der Waals surface area (Å²) in [4.78, 5) is 23.1. The lowest BCUT2D eigenvalue weighted by Gasteiger charge is -2.43. The molecule has 2 aliphatic rings. The van der Waals surface area contributed by atoms with Crippen molar-refractivity contribution in [1.82, 2.24) is 4.31 Å². The Morgan fingerprint density at radius 1 is 1.16 bits per heavy atom. The monoisotopic (exact) mass is 498 g/mol. The lowest BCUT2D eigenvalue weighted by atomic mass is 9.82. The highest BCUT2D eigenvalue weighted by molar-refractivity contribution is 7.89. The number of aryl methyl sites for hydroxylation is 1. The summed E-state index contributed by atoms with van der Waals surface area (Å²) in [5.41, 5.74) is 0.704. The first-order chi connectivity index (χ1) is 14.9. The highest BCUT2D eigenvalue weighted by atomic mass is 35.5. The number of halogens is 2. The molecule has 2 aromatic carbocycles. The number of nitro groups is 1. The van der Waals surface area contributed by atoms with E-state index in [0.717, 1.165) is 11.6 Å². The fourth-order valence-electron chi connectivity index (χ4n) is 4.35. The van der Waals surface area contributed by atoms with Gasteiger partial charge in [0.2, 0.25) is 10.0 Å². The summed E-state index contributed by atoms with van der Waals surface area (Å²) in [6.07, 6.45) is 0.766. The second kappa shape index (κ2) is 7.98. The van der Waals surface area contributed by atoms with Crippen molar-refractivity contribution in [3.8, 4) is 5.75 Å². The average Bonchev–Trinajstić information content (AvgIpc) is 2.72. The molecule has 0 bridgehead atoms. The first kappa shape index (κ1) is 23.0. The van der Waals surface area contributed by atoms with E-state index in [1.807, 2.05) is 6.92 Å². The van der Waals surface area contributed by atoms with Gasteiger partial charge in [-0.2, -0.15) is 4.31 Å². The van der Waals surface area contributed by atoms with Gasteiger partial charge in [-0.05, 0) is 43.2 Å². The van der Waals surface area contributed by atoms with Crippen molar-refractivity contribution in [3.63, 3.8) is 0 Å². The van der Waals surface area contributed by atoms with Gasteiger partial charge < -0.3 is 4.74 Å². The summed E-state index contributed by atoms with van der Waals surface area (Å²) in [5.74, 6) is 0.403. The highest BCUT2D eigenvalue weighted by Gasteiger charge is 2.46. The zero-order chi connectivity index (χ0) is 23.4. The number of ketones is 1. The Bertz CT molecular complexity index is 1250. The highest BCUT2D eigenvalue weighted by Crippen LogP contribution is 2.43. The van der Waals surface area contributed by atoms with Gasteiger partial charge in [-0.1, -0.05) is 23.2 Å². The van der Waals surface area contributed by atoms with Crippen LogP contribution in [0.15, 0.2) is 29.2 Å². The van der Waals surface area contributed by atoms with Crippen molar-refractivity contribution in [2.24, 2.45) is 0 Å². The Morgan fingerprint density at radius 2 is 1.81 bits per heavy atom. The summed E-state index contributed by atoms with van der Waals surface area (Å²) < 4.78 is 33.7. The second-order valence-corrected chi connectivity index (χ2v) is 10.9. The predicted molar refractivity (Wildman–Crippen MR) is 119 cm³/mol. The molecule has 0 aromatic heterocycles. The number of nitrogens with zero attached hydrogens (tertiary/aromatic N) is 2. The number of sulfonamides is 1. The molecule has 2 heterocycles. The van der Waals surface area contributed by atoms with Crippen LogP contribution < -0.4 is 4.74 Å². The lowest BCUT2D eigenvalue weighted by Crippen LogP contribution is -2.52. The Morgan fingerprint density at radius 3 is 2.44 bits per heavy atom. The van der Waals surface area contributed by atoms with E-state index in [2.05, 4.69) is 0 Å². The molecule has 0 radical (unpaired) electrons. The molecule has 1 saturated heterocycles. The fraction of sp³-hybridized carbons (Fsp3) is 0.381. The maximum absolute atomic E-state index is 13.1. The van der Waals surface area contributed by atoms with Crippen molar-refractivity contribution in [1.29, 1.82) is 0 Å². The van der Waals surface area contributed by atoms with Crippen molar-refractivity contribution >= 4 is 44.7 Å². The molecule has 11 heteroatoms. The standard InChI is InChI=1S/C21H20Cl2N2O6S/c1-12-9-18-19(13(2)20(12)23)17(26)11-21(31-18)5-7-24(8-6-21)32(29,30)14-3-4-15(22)16(10-14)25(27)28/h3-4,9-10H,5-8,11H2,1-2H3. The molecule has 8 nitrogen and oxygen atoms in total. The average molecular weight is 499 g/mol. The molecule has 4 rings (SSSR count). The molecular formula is C21H20Cl2N2O6S. The van der Waals surface area contributed by atoms with E-state index in [1.165, 1.54) is 16.4 Å².